The Balaban J connectivity index is 2.17. The van der Waals surface area contributed by atoms with Crippen LogP contribution in [0.2, 0.25) is 10.0 Å². The van der Waals surface area contributed by atoms with Gasteiger partial charge in [-0.1, -0.05) is 23.2 Å². The molecule has 1 heterocycles. The van der Waals surface area contributed by atoms with Crippen molar-refractivity contribution in [3.8, 4) is 28.6 Å². The van der Waals surface area contributed by atoms with Gasteiger partial charge in [0, 0.05) is 5.56 Å². The monoisotopic (exact) mass is 381 g/mol. The zero-order valence-electron chi connectivity index (χ0n) is 12.8. The molecule has 1 N–H and O–H groups in total. The molecule has 0 unspecified atom stereocenters. The van der Waals surface area contributed by atoms with E-state index in [0.29, 0.717) is 32.1 Å². The Bertz CT molecular complexity index is 953. The summed E-state index contributed by atoms with van der Waals surface area (Å²) in [5, 5.41) is 8.04. The third-order valence-electron chi connectivity index (χ3n) is 3.48. The second kappa shape index (κ2) is 6.84. The van der Waals surface area contributed by atoms with Crippen LogP contribution in [0.4, 0.5) is 0 Å². The lowest BCUT2D eigenvalue weighted by atomic mass is 10.2. The highest BCUT2D eigenvalue weighted by Gasteiger charge is 2.14. The molecule has 0 amide bonds. The molecule has 1 aromatic heterocycles. The predicted octanol–water partition coefficient (Wildman–Crippen LogP) is 4.92. The Hall–Kier alpha value is -2.02. The largest absolute Gasteiger partial charge is 0.493 e. The van der Waals surface area contributed by atoms with E-state index in [2.05, 4.69) is 10.2 Å². The molecule has 0 aliphatic heterocycles. The molecular formula is C16H13Cl2N3O2S. The number of ether oxygens (including phenoxy) is 2. The molecule has 0 bridgehead atoms. The standard InChI is InChI=1S/C16H13Cl2N3O2S/c1-22-13-6-3-9(7-14(13)23-2)15-19-20-16(24)21(15)10-4-5-11(17)12(18)8-10/h3-8H,1-2H3,(H,20,24). The van der Waals surface area contributed by atoms with Gasteiger partial charge in [0.25, 0.3) is 0 Å². The number of hydrogen-bond donors (Lipinski definition) is 1. The van der Waals surface area contributed by atoms with Gasteiger partial charge in [-0.05, 0) is 48.6 Å². The van der Waals surface area contributed by atoms with E-state index in [-0.39, 0.29) is 0 Å². The smallest absolute Gasteiger partial charge is 0.200 e. The van der Waals surface area contributed by atoms with E-state index in [1.165, 1.54) is 0 Å². The summed E-state index contributed by atoms with van der Waals surface area (Å²) in [6.45, 7) is 0. The summed E-state index contributed by atoms with van der Waals surface area (Å²) in [6.07, 6.45) is 0. The number of aromatic nitrogens is 3. The SMILES string of the molecule is COc1ccc(-c2n[nH]c(=S)n2-c2ccc(Cl)c(Cl)c2)cc1OC. The lowest BCUT2D eigenvalue weighted by Crippen LogP contribution is -1.99. The number of rotatable bonds is 4. The van der Waals surface area contributed by atoms with Crippen LogP contribution >= 0.6 is 35.4 Å². The lowest BCUT2D eigenvalue weighted by Gasteiger charge is -2.11. The highest BCUT2D eigenvalue weighted by molar-refractivity contribution is 7.71. The molecule has 0 atom stereocenters. The molecule has 3 aromatic rings. The van der Waals surface area contributed by atoms with E-state index in [1.54, 1.807) is 30.9 Å². The molecule has 0 spiro atoms. The van der Waals surface area contributed by atoms with Crippen molar-refractivity contribution in [2.75, 3.05) is 14.2 Å². The van der Waals surface area contributed by atoms with Crippen LogP contribution in [0.1, 0.15) is 0 Å². The van der Waals surface area contributed by atoms with Crippen molar-refractivity contribution in [2.24, 2.45) is 0 Å². The first-order chi connectivity index (χ1) is 11.5. The molecule has 0 aliphatic carbocycles. The summed E-state index contributed by atoms with van der Waals surface area (Å²) in [5.41, 5.74) is 1.57. The minimum Gasteiger partial charge on any atom is -0.493 e. The van der Waals surface area contributed by atoms with Crippen LogP contribution in [0, 0.1) is 4.77 Å². The van der Waals surface area contributed by atoms with Gasteiger partial charge >= 0.3 is 0 Å². The van der Waals surface area contributed by atoms with Crippen LogP contribution in [0.5, 0.6) is 11.5 Å². The van der Waals surface area contributed by atoms with Gasteiger partial charge in [0.2, 0.25) is 0 Å². The van der Waals surface area contributed by atoms with Crippen LogP contribution < -0.4 is 9.47 Å². The maximum atomic E-state index is 6.12. The normalized spacial score (nSPS) is 10.7. The fraction of sp³-hybridized carbons (Fsp3) is 0.125. The number of nitrogens with zero attached hydrogens (tertiary/aromatic N) is 2. The topological polar surface area (TPSA) is 52.1 Å². The van der Waals surface area contributed by atoms with E-state index in [1.807, 2.05) is 24.3 Å². The van der Waals surface area contributed by atoms with Gasteiger partial charge in [-0.2, -0.15) is 5.10 Å². The van der Waals surface area contributed by atoms with Gasteiger partial charge in [-0.3, -0.25) is 9.67 Å². The molecule has 0 saturated heterocycles. The maximum Gasteiger partial charge on any atom is 0.200 e. The van der Waals surface area contributed by atoms with Gasteiger partial charge < -0.3 is 9.47 Å². The summed E-state index contributed by atoms with van der Waals surface area (Å²) in [7, 11) is 3.17. The van der Waals surface area contributed by atoms with Crippen molar-refractivity contribution >= 4 is 35.4 Å². The van der Waals surface area contributed by atoms with Crippen LogP contribution in [-0.4, -0.2) is 29.0 Å². The van der Waals surface area contributed by atoms with Crippen LogP contribution in [0.25, 0.3) is 17.1 Å². The highest BCUT2D eigenvalue weighted by atomic mass is 35.5. The number of methoxy groups -OCH3 is 2. The summed E-state index contributed by atoms with van der Waals surface area (Å²) in [5.74, 6) is 1.86. The van der Waals surface area contributed by atoms with Gasteiger partial charge in [-0.25, -0.2) is 0 Å². The van der Waals surface area contributed by atoms with Crippen molar-refractivity contribution in [1.82, 2.24) is 14.8 Å². The van der Waals surface area contributed by atoms with Crippen molar-refractivity contribution in [1.29, 1.82) is 0 Å². The minimum absolute atomic E-state index is 0.440. The van der Waals surface area contributed by atoms with E-state index in [0.717, 1.165) is 11.3 Å². The Morgan fingerprint density at radius 3 is 2.42 bits per heavy atom. The third kappa shape index (κ3) is 3.00. The zero-order valence-corrected chi connectivity index (χ0v) is 15.2. The Morgan fingerprint density at radius 2 is 1.75 bits per heavy atom. The zero-order chi connectivity index (χ0) is 17.3. The summed E-state index contributed by atoms with van der Waals surface area (Å²) in [4.78, 5) is 0. The maximum absolute atomic E-state index is 6.12. The molecule has 8 heteroatoms. The van der Waals surface area contributed by atoms with Gasteiger partial charge in [0.15, 0.2) is 22.1 Å². The minimum atomic E-state index is 0.440. The summed E-state index contributed by atoms with van der Waals surface area (Å²) >= 11 is 17.5. The fourth-order valence-corrected chi connectivity index (χ4v) is 2.86. The molecule has 124 valence electrons. The average Bonchev–Trinajstić information content (AvgIpc) is 2.98. The van der Waals surface area contributed by atoms with Crippen molar-refractivity contribution in [3.05, 3.63) is 51.2 Å². The molecule has 5 nitrogen and oxygen atoms in total. The average molecular weight is 382 g/mol. The Labute approximate surface area is 153 Å². The van der Waals surface area contributed by atoms with Crippen LogP contribution in [0.3, 0.4) is 0 Å². The highest BCUT2D eigenvalue weighted by Crippen LogP contribution is 2.33. The number of aromatic amines is 1. The van der Waals surface area contributed by atoms with E-state index in [4.69, 9.17) is 44.9 Å². The number of nitrogens with one attached hydrogen (secondary N) is 1. The second-order valence-electron chi connectivity index (χ2n) is 4.86. The molecule has 3 rings (SSSR count). The molecule has 0 fully saturated rings. The molecule has 0 saturated carbocycles. The quantitative estimate of drug-likeness (QED) is 0.651. The van der Waals surface area contributed by atoms with Crippen LogP contribution in [-0.2, 0) is 0 Å². The first-order valence-corrected chi connectivity index (χ1v) is 8.07. The number of H-pyrrole nitrogens is 1. The van der Waals surface area contributed by atoms with Crippen molar-refractivity contribution in [3.63, 3.8) is 0 Å². The third-order valence-corrected chi connectivity index (χ3v) is 4.49. The fourth-order valence-electron chi connectivity index (χ4n) is 2.33. The molecule has 0 radical (unpaired) electrons. The lowest BCUT2D eigenvalue weighted by molar-refractivity contribution is 0.355. The van der Waals surface area contributed by atoms with E-state index < -0.39 is 0 Å². The van der Waals surface area contributed by atoms with Gasteiger partial charge in [0.1, 0.15) is 0 Å². The van der Waals surface area contributed by atoms with E-state index >= 15 is 0 Å². The number of benzene rings is 2. The molecule has 24 heavy (non-hydrogen) atoms. The van der Waals surface area contributed by atoms with Gasteiger partial charge in [0.05, 0.1) is 30.0 Å². The Morgan fingerprint density at radius 1 is 1.00 bits per heavy atom. The van der Waals surface area contributed by atoms with Crippen molar-refractivity contribution in [2.45, 2.75) is 0 Å². The van der Waals surface area contributed by atoms with Crippen molar-refractivity contribution < 1.29 is 9.47 Å². The van der Waals surface area contributed by atoms with E-state index in [9.17, 15) is 0 Å². The Kier molecular flexibility index (Phi) is 4.80. The number of halogens is 2. The summed E-state index contributed by atoms with van der Waals surface area (Å²) < 4.78 is 12.8. The molecule has 0 aliphatic rings. The van der Waals surface area contributed by atoms with Gasteiger partial charge in [-0.15, -0.1) is 0 Å². The second-order valence-corrected chi connectivity index (χ2v) is 6.06. The summed E-state index contributed by atoms with van der Waals surface area (Å²) in [6, 6.07) is 10.8. The van der Waals surface area contributed by atoms with Crippen LogP contribution in [0.15, 0.2) is 36.4 Å². The molecule has 2 aromatic carbocycles. The number of hydrogen-bond acceptors (Lipinski definition) is 4. The molecular weight excluding hydrogens is 369 g/mol. The first kappa shape index (κ1) is 16.8. The first-order valence-electron chi connectivity index (χ1n) is 6.90. The predicted molar refractivity (Wildman–Crippen MR) is 97.3 cm³/mol.